The molecule has 9 nitrogen and oxygen atoms in total. The van der Waals surface area contributed by atoms with Gasteiger partial charge in [-0.1, -0.05) is 24.3 Å². The van der Waals surface area contributed by atoms with E-state index in [1.807, 2.05) is 0 Å². The summed E-state index contributed by atoms with van der Waals surface area (Å²) in [6.07, 6.45) is -0.666. The number of ketones is 2. The molecule has 1 aliphatic rings. The maximum Gasteiger partial charge on any atom is 0.346 e. The van der Waals surface area contributed by atoms with E-state index in [1.165, 1.54) is 18.2 Å². The van der Waals surface area contributed by atoms with Crippen molar-refractivity contribution in [1.82, 2.24) is 0 Å². The maximum absolute atomic E-state index is 13.0. The molecule has 3 N–H and O–H groups in total. The number of phenols is 1. The summed E-state index contributed by atoms with van der Waals surface area (Å²) in [5, 5.41) is 10.5. The standard InChI is InChI=1S/C26H23NO8/c1-3-32-14(2)34-21(29)13-33-15-8-10-16(11-9-15)35-20-12-19(28)22-23(24(20)27)26(31)18-7-5-4-6-17(18)25(22)30/h4-12,14,28H,3,13,27H2,1-2H3. The van der Waals surface area contributed by atoms with Crippen molar-refractivity contribution in [3.8, 4) is 23.0 Å². The first-order chi connectivity index (χ1) is 16.8. The highest BCUT2D eigenvalue weighted by atomic mass is 16.7. The second-order valence-corrected chi connectivity index (χ2v) is 7.64. The third-order valence-electron chi connectivity index (χ3n) is 5.29. The molecule has 0 fully saturated rings. The quantitative estimate of drug-likeness (QED) is 0.168. The lowest BCUT2D eigenvalue weighted by molar-refractivity contribution is -0.175. The molecule has 0 spiro atoms. The van der Waals surface area contributed by atoms with Gasteiger partial charge in [0.2, 0.25) is 0 Å². The number of aromatic hydroxyl groups is 1. The lowest BCUT2D eigenvalue weighted by Crippen LogP contribution is -2.22. The Bertz CT molecular complexity index is 1300. The second kappa shape index (κ2) is 9.86. The summed E-state index contributed by atoms with van der Waals surface area (Å²) in [6, 6.07) is 13.8. The number of hydrogen-bond donors (Lipinski definition) is 2. The summed E-state index contributed by atoms with van der Waals surface area (Å²) >= 11 is 0. The van der Waals surface area contributed by atoms with Crippen LogP contribution in [0.15, 0.2) is 54.6 Å². The molecule has 180 valence electrons. The molecule has 1 atom stereocenters. The van der Waals surface area contributed by atoms with Crippen molar-refractivity contribution < 1.29 is 38.4 Å². The smallest absolute Gasteiger partial charge is 0.346 e. The van der Waals surface area contributed by atoms with Crippen LogP contribution in [0.5, 0.6) is 23.0 Å². The van der Waals surface area contributed by atoms with Crippen LogP contribution < -0.4 is 15.2 Å². The lowest BCUT2D eigenvalue weighted by Gasteiger charge is -2.21. The Labute approximate surface area is 201 Å². The first-order valence-corrected chi connectivity index (χ1v) is 10.9. The highest BCUT2D eigenvalue weighted by Crippen LogP contribution is 2.42. The van der Waals surface area contributed by atoms with Gasteiger partial charge in [0.25, 0.3) is 0 Å². The van der Waals surface area contributed by atoms with Gasteiger partial charge in [0.1, 0.15) is 17.2 Å². The molecule has 1 aliphatic carbocycles. The predicted molar refractivity (Wildman–Crippen MR) is 125 cm³/mol. The Hall–Kier alpha value is -4.37. The van der Waals surface area contributed by atoms with Crippen LogP contribution >= 0.6 is 0 Å². The van der Waals surface area contributed by atoms with Crippen LogP contribution in [0.4, 0.5) is 5.69 Å². The maximum atomic E-state index is 13.0. The highest BCUT2D eigenvalue weighted by Gasteiger charge is 2.35. The number of anilines is 1. The number of ether oxygens (including phenoxy) is 4. The van der Waals surface area contributed by atoms with Gasteiger partial charge < -0.3 is 29.8 Å². The number of phenolic OH excluding ortho intramolecular Hbond substituents is 1. The molecule has 0 saturated heterocycles. The molecule has 0 aromatic heterocycles. The monoisotopic (exact) mass is 477 g/mol. The van der Waals surface area contributed by atoms with Gasteiger partial charge in [-0.15, -0.1) is 0 Å². The van der Waals surface area contributed by atoms with Gasteiger partial charge in [0.05, 0.1) is 16.8 Å². The molecule has 0 saturated carbocycles. The molecule has 3 aromatic carbocycles. The van der Waals surface area contributed by atoms with Crippen LogP contribution in [0, 0.1) is 0 Å². The Morgan fingerprint density at radius 3 is 2.20 bits per heavy atom. The fourth-order valence-electron chi connectivity index (χ4n) is 3.72. The zero-order chi connectivity index (χ0) is 25.1. The van der Waals surface area contributed by atoms with Gasteiger partial charge >= 0.3 is 5.97 Å². The number of hydrogen-bond acceptors (Lipinski definition) is 9. The van der Waals surface area contributed by atoms with E-state index in [1.54, 1.807) is 50.2 Å². The van der Waals surface area contributed by atoms with Crippen LogP contribution in [0.2, 0.25) is 0 Å². The first kappa shape index (κ1) is 23.8. The molecule has 0 amide bonds. The van der Waals surface area contributed by atoms with Crippen LogP contribution in [-0.4, -0.2) is 42.1 Å². The molecular formula is C26H23NO8. The number of rotatable bonds is 8. The number of carbonyl (C=O) groups excluding carboxylic acids is 3. The van der Waals surface area contributed by atoms with Gasteiger partial charge in [-0.25, -0.2) is 4.79 Å². The normalized spacial score (nSPS) is 13.0. The second-order valence-electron chi connectivity index (χ2n) is 7.64. The van der Waals surface area contributed by atoms with E-state index in [0.717, 1.165) is 0 Å². The van der Waals surface area contributed by atoms with Crippen molar-refractivity contribution in [2.24, 2.45) is 0 Å². The van der Waals surface area contributed by atoms with Gasteiger partial charge in [0, 0.05) is 23.8 Å². The zero-order valence-corrected chi connectivity index (χ0v) is 19.1. The van der Waals surface area contributed by atoms with Gasteiger partial charge in [-0.3, -0.25) is 9.59 Å². The minimum atomic E-state index is -0.666. The van der Waals surface area contributed by atoms with Crippen molar-refractivity contribution in [2.45, 2.75) is 20.1 Å². The molecule has 0 radical (unpaired) electrons. The molecule has 0 heterocycles. The Morgan fingerprint density at radius 1 is 0.971 bits per heavy atom. The summed E-state index contributed by atoms with van der Waals surface area (Å²) in [6.45, 7) is 3.52. The minimum Gasteiger partial charge on any atom is -0.507 e. The topological polar surface area (TPSA) is 134 Å². The molecule has 9 heteroatoms. The molecule has 35 heavy (non-hydrogen) atoms. The largest absolute Gasteiger partial charge is 0.507 e. The van der Waals surface area contributed by atoms with Gasteiger partial charge in [-0.2, -0.15) is 0 Å². The SMILES string of the molecule is CCOC(C)OC(=O)COc1ccc(Oc2cc(O)c3c(c2N)C(=O)c2ccccc2C3=O)cc1. The number of carbonyl (C=O) groups is 3. The van der Waals surface area contributed by atoms with Crippen molar-refractivity contribution >= 4 is 23.2 Å². The molecule has 4 rings (SSSR count). The van der Waals surface area contributed by atoms with E-state index in [2.05, 4.69) is 0 Å². The molecule has 0 aliphatic heterocycles. The zero-order valence-electron chi connectivity index (χ0n) is 19.1. The molecule has 0 bridgehead atoms. The van der Waals surface area contributed by atoms with Crippen LogP contribution in [0.1, 0.15) is 45.7 Å². The predicted octanol–water partition coefficient (Wildman–Crippen LogP) is 3.85. The Balaban J connectivity index is 1.50. The summed E-state index contributed by atoms with van der Waals surface area (Å²) in [4.78, 5) is 37.7. The van der Waals surface area contributed by atoms with Gasteiger partial charge in [0.15, 0.2) is 30.2 Å². The highest BCUT2D eigenvalue weighted by molar-refractivity contribution is 6.31. The average Bonchev–Trinajstić information content (AvgIpc) is 2.84. The van der Waals surface area contributed by atoms with Crippen molar-refractivity contribution in [1.29, 1.82) is 0 Å². The third-order valence-corrected chi connectivity index (χ3v) is 5.29. The summed E-state index contributed by atoms with van der Waals surface area (Å²) in [7, 11) is 0. The summed E-state index contributed by atoms with van der Waals surface area (Å²) in [5.74, 6) is -1.21. The van der Waals surface area contributed by atoms with E-state index in [9.17, 15) is 19.5 Å². The molecular weight excluding hydrogens is 454 g/mol. The molecule has 1 unspecified atom stereocenters. The van der Waals surface area contributed by atoms with Crippen LogP contribution in [0.25, 0.3) is 0 Å². The fraction of sp³-hybridized carbons (Fsp3) is 0.192. The lowest BCUT2D eigenvalue weighted by atomic mass is 9.82. The van der Waals surface area contributed by atoms with Crippen molar-refractivity contribution in [2.75, 3.05) is 18.9 Å². The van der Waals surface area contributed by atoms with E-state index >= 15 is 0 Å². The minimum absolute atomic E-state index is 0.0175. The number of esters is 1. The van der Waals surface area contributed by atoms with E-state index < -0.39 is 29.6 Å². The summed E-state index contributed by atoms with van der Waals surface area (Å²) in [5.41, 5.74) is 6.33. The number of nitrogens with two attached hydrogens (primary N) is 1. The van der Waals surface area contributed by atoms with E-state index in [0.29, 0.717) is 18.1 Å². The third kappa shape index (κ3) is 4.80. The average molecular weight is 477 g/mol. The van der Waals surface area contributed by atoms with Crippen molar-refractivity contribution in [3.63, 3.8) is 0 Å². The fourth-order valence-corrected chi connectivity index (χ4v) is 3.72. The Kier molecular flexibility index (Phi) is 6.70. The first-order valence-electron chi connectivity index (χ1n) is 10.9. The van der Waals surface area contributed by atoms with Crippen molar-refractivity contribution in [3.05, 3.63) is 76.9 Å². The Morgan fingerprint density at radius 2 is 1.57 bits per heavy atom. The van der Waals surface area contributed by atoms with Gasteiger partial charge in [-0.05, 0) is 38.1 Å². The summed E-state index contributed by atoms with van der Waals surface area (Å²) < 4.78 is 21.3. The number of nitrogen functional groups attached to an aromatic ring is 1. The van der Waals surface area contributed by atoms with Crippen LogP contribution in [0.3, 0.4) is 0 Å². The number of fused-ring (bicyclic) bond motifs is 2. The van der Waals surface area contributed by atoms with E-state index in [-0.39, 0.29) is 40.3 Å². The number of benzene rings is 3. The van der Waals surface area contributed by atoms with E-state index in [4.69, 9.17) is 24.7 Å². The molecule has 3 aromatic rings. The van der Waals surface area contributed by atoms with Crippen LogP contribution in [-0.2, 0) is 14.3 Å².